The predicted molar refractivity (Wildman–Crippen MR) is 101 cm³/mol. The second-order valence-corrected chi connectivity index (χ2v) is 4.67. The van der Waals surface area contributed by atoms with Gasteiger partial charge in [-0.2, -0.15) is 5.10 Å². The van der Waals surface area contributed by atoms with Crippen molar-refractivity contribution in [2.75, 3.05) is 7.11 Å². The Labute approximate surface area is 184 Å². The van der Waals surface area contributed by atoms with Crippen molar-refractivity contribution in [2.45, 2.75) is 0 Å². The summed E-state index contributed by atoms with van der Waals surface area (Å²) >= 11 is 0. The Bertz CT molecular complexity index is 791. The van der Waals surface area contributed by atoms with E-state index < -0.39 is 5.90 Å². The number of rotatable bonds is 4. The molecule has 27 heavy (non-hydrogen) atoms. The average Bonchev–Trinajstić information content (AvgIpc) is 2.72. The van der Waals surface area contributed by atoms with Crippen LogP contribution in [-0.4, -0.2) is 61.1 Å². The summed E-state index contributed by atoms with van der Waals surface area (Å²) in [7, 11) is 1.00. The van der Waals surface area contributed by atoms with E-state index in [0.29, 0.717) is 17.0 Å². The first-order valence-electron chi connectivity index (χ1n) is 7.49. The second kappa shape index (κ2) is 14.0. The molecule has 0 spiro atoms. The van der Waals surface area contributed by atoms with E-state index >= 15 is 0 Å². The van der Waals surface area contributed by atoms with Crippen LogP contribution >= 0.6 is 0 Å². The van der Waals surface area contributed by atoms with Gasteiger partial charge in [0.2, 0.25) is 0 Å². The molecule has 2 radical (unpaired) electrons. The van der Waals surface area contributed by atoms with Crippen LogP contribution in [-0.2, 0) is 0 Å². The van der Waals surface area contributed by atoms with E-state index in [9.17, 15) is 5.11 Å². The molecule has 0 aliphatic rings. The molecule has 1 aromatic carbocycles. The molecule has 6 nitrogen and oxygen atoms in total. The van der Waals surface area contributed by atoms with Crippen LogP contribution in [0.15, 0.2) is 89.5 Å². The van der Waals surface area contributed by atoms with Gasteiger partial charge >= 0.3 is 27.3 Å². The molecule has 1 N–H and O–H groups in total. The second-order valence-electron chi connectivity index (χ2n) is 4.67. The fourth-order valence-corrected chi connectivity index (χ4v) is 2.00. The Morgan fingerprint density at radius 1 is 0.815 bits per heavy atom. The largest absolute Gasteiger partial charge is 2.00 e. The fraction of sp³-hybridized carbons (Fsp3) is 0.0526. The van der Waals surface area contributed by atoms with Gasteiger partial charge in [0.05, 0.1) is 5.69 Å². The minimum absolute atomic E-state index is 0. The van der Waals surface area contributed by atoms with Gasteiger partial charge in [-0.3, -0.25) is 9.97 Å². The standard InChI is InChI=1S/C18H14N4O.CH4O.ClH.Pb/c23-18(15-9-12-19-13-10-15)22-21-17(14-6-2-1-3-7-14)16-8-4-5-11-20-16;1-2;;/h1-13H,(H,22,23);2H,1H3;1H;/q;;;+2/p-2/b21-17+;;;. The molecule has 0 saturated heterocycles. The number of pyridine rings is 2. The third kappa shape index (κ3) is 7.53. The average molecular weight is 576 g/mol. The predicted octanol–water partition coefficient (Wildman–Crippen LogP) is -1.73. The number of aliphatic hydroxyl groups is 1. The van der Waals surface area contributed by atoms with Crippen molar-refractivity contribution in [1.29, 1.82) is 0 Å². The van der Waals surface area contributed by atoms with E-state index in [-0.39, 0.29) is 39.7 Å². The van der Waals surface area contributed by atoms with Gasteiger partial charge in [0.15, 0.2) is 0 Å². The number of aliphatic hydroxyl groups excluding tert-OH is 1. The van der Waals surface area contributed by atoms with Gasteiger partial charge in [-0.05, 0) is 29.8 Å². The van der Waals surface area contributed by atoms with Crippen molar-refractivity contribution >= 4 is 38.9 Å². The Kier molecular flexibility index (Phi) is 12.8. The topological polar surface area (TPSA) is 93.8 Å². The summed E-state index contributed by atoms with van der Waals surface area (Å²) in [6, 6.07) is 18.2. The van der Waals surface area contributed by atoms with Crippen LogP contribution in [0.4, 0.5) is 0 Å². The van der Waals surface area contributed by atoms with Crippen molar-refractivity contribution in [2.24, 2.45) is 10.2 Å². The molecule has 0 fully saturated rings. The van der Waals surface area contributed by atoms with Gasteiger partial charge < -0.3 is 22.6 Å². The molecular formula is C19H17ClN4O2Pb. The Morgan fingerprint density at radius 2 is 1.44 bits per heavy atom. The molecule has 0 saturated carbocycles. The van der Waals surface area contributed by atoms with Crippen LogP contribution in [0.1, 0.15) is 16.8 Å². The molecule has 0 unspecified atom stereocenters. The van der Waals surface area contributed by atoms with E-state index in [2.05, 4.69) is 20.2 Å². The van der Waals surface area contributed by atoms with Crippen LogP contribution in [0, 0.1) is 0 Å². The molecule has 3 aromatic rings. The quantitative estimate of drug-likeness (QED) is 0.173. The first-order chi connectivity index (χ1) is 12.3. The zero-order chi connectivity index (χ0) is 17.9. The summed E-state index contributed by atoms with van der Waals surface area (Å²) in [6.07, 6.45) is 4.77. The summed E-state index contributed by atoms with van der Waals surface area (Å²) < 4.78 is 0. The first kappa shape index (κ1) is 24.8. The molecule has 0 aliphatic heterocycles. The molecule has 0 aliphatic carbocycles. The zero-order valence-electron chi connectivity index (χ0n) is 14.5. The minimum Gasteiger partial charge on any atom is -1.00 e. The molecule has 2 aromatic heterocycles. The Morgan fingerprint density at radius 3 is 2.04 bits per heavy atom. The number of nitrogens with zero attached hydrogens (tertiary/aromatic N) is 4. The molecule has 0 bridgehead atoms. The third-order valence-electron chi connectivity index (χ3n) is 3.12. The van der Waals surface area contributed by atoms with Gasteiger partial charge in [0.1, 0.15) is 5.71 Å². The van der Waals surface area contributed by atoms with Gasteiger partial charge in [0.25, 0.3) is 0 Å². The van der Waals surface area contributed by atoms with Crippen molar-refractivity contribution in [1.82, 2.24) is 9.97 Å². The van der Waals surface area contributed by atoms with Crippen molar-refractivity contribution < 1.29 is 22.6 Å². The van der Waals surface area contributed by atoms with Crippen LogP contribution in [0.2, 0.25) is 0 Å². The van der Waals surface area contributed by atoms with Crippen LogP contribution in [0.3, 0.4) is 0 Å². The van der Waals surface area contributed by atoms with Gasteiger partial charge in [-0.25, -0.2) is 0 Å². The Hall–Kier alpha value is -2.17. The maximum absolute atomic E-state index is 12.1. The van der Waals surface area contributed by atoms with Crippen LogP contribution < -0.4 is 17.5 Å². The van der Waals surface area contributed by atoms with Gasteiger partial charge in [-0.15, -0.1) is 5.10 Å². The zero-order valence-corrected chi connectivity index (χ0v) is 19.2. The normalized spacial score (nSPS) is 10.6. The number of halogens is 1. The Balaban J connectivity index is 0.00000164. The van der Waals surface area contributed by atoms with Gasteiger partial charge in [-0.1, -0.05) is 36.4 Å². The van der Waals surface area contributed by atoms with E-state index in [1.165, 1.54) is 0 Å². The minimum atomic E-state index is -0.420. The molecule has 2 heterocycles. The van der Waals surface area contributed by atoms with E-state index in [1.807, 2.05) is 48.5 Å². The molecule has 136 valence electrons. The van der Waals surface area contributed by atoms with Gasteiger partial charge in [0, 0.05) is 37.2 Å². The summed E-state index contributed by atoms with van der Waals surface area (Å²) in [4.78, 5) is 8.17. The maximum Gasteiger partial charge on any atom is 2.00 e. The molecule has 3 rings (SSSR count). The monoisotopic (exact) mass is 576 g/mol. The van der Waals surface area contributed by atoms with Crippen LogP contribution in [0.25, 0.3) is 0 Å². The molecular weight excluding hydrogens is 559 g/mol. The smallest absolute Gasteiger partial charge is 1.00 e. The van der Waals surface area contributed by atoms with E-state index in [1.54, 1.807) is 30.7 Å². The first-order valence-corrected chi connectivity index (χ1v) is 7.49. The SMILES string of the molecule is CO.[Cl-].[O-]/C(=N\N=C(/c1ccccc1)c1ccccn1)c1ccncc1.[Pb+2]. The van der Waals surface area contributed by atoms with Crippen molar-refractivity contribution in [3.63, 3.8) is 0 Å². The van der Waals surface area contributed by atoms with Crippen molar-refractivity contribution in [3.05, 3.63) is 96.1 Å². The summed E-state index contributed by atoms with van der Waals surface area (Å²) in [6.45, 7) is 0. The molecule has 8 heteroatoms. The molecule has 0 amide bonds. The number of aromatic nitrogens is 2. The van der Waals surface area contributed by atoms with Crippen LogP contribution in [0.5, 0.6) is 0 Å². The number of hydrogen-bond acceptors (Lipinski definition) is 6. The fourth-order valence-electron chi connectivity index (χ4n) is 2.00. The number of hydrogen-bond donors (Lipinski definition) is 1. The summed E-state index contributed by atoms with van der Waals surface area (Å²) in [5.41, 5.74) is 2.49. The van der Waals surface area contributed by atoms with E-state index in [0.717, 1.165) is 12.7 Å². The molecule has 0 atom stereocenters. The summed E-state index contributed by atoms with van der Waals surface area (Å²) in [5, 5.41) is 27.1. The number of benzene rings is 1. The van der Waals surface area contributed by atoms with Crippen molar-refractivity contribution in [3.8, 4) is 0 Å². The maximum atomic E-state index is 12.1. The summed E-state index contributed by atoms with van der Waals surface area (Å²) in [5.74, 6) is -0.420. The third-order valence-corrected chi connectivity index (χ3v) is 3.12. The van der Waals surface area contributed by atoms with E-state index in [4.69, 9.17) is 5.11 Å².